The van der Waals surface area contributed by atoms with Crippen molar-refractivity contribution in [3.63, 3.8) is 0 Å². The molecule has 0 atom stereocenters. The fourth-order valence-corrected chi connectivity index (χ4v) is 6.22. The molecule has 0 N–H and O–H groups in total. The summed E-state index contributed by atoms with van der Waals surface area (Å²) < 4.78 is 34.6. The largest absolute Gasteiger partial charge is 0.494 e. The van der Waals surface area contributed by atoms with Gasteiger partial charge in [0.1, 0.15) is 5.75 Å². The SMILES string of the molecule is CCOc1ccc(S(=O)(=O)N2CCN(C(c3ccccc3)c3ccccc3)CC2)cc1C(C)(C)C. The van der Waals surface area contributed by atoms with Crippen molar-refractivity contribution in [2.75, 3.05) is 32.8 Å². The van der Waals surface area contributed by atoms with E-state index in [-0.39, 0.29) is 11.5 Å². The van der Waals surface area contributed by atoms with E-state index >= 15 is 0 Å². The lowest BCUT2D eigenvalue weighted by Crippen LogP contribution is -2.49. The monoisotopic (exact) mass is 492 g/mol. The zero-order chi connectivity index (χ0) is 25.1. The summed E-state index contributed by atoms with van der Waals surface area (Å²) in [5.41, 5.74) is 3.12. The van der Waals surface area contributed by atoms with E-state index in [1.54, 1.807) is 22.5 Å². The average molecular weight is 493 g/mol. The summed E-state index contributed by atoms with van der Waals surface area (Å²) in [6, 6.07) is 26.3. The quantitative estimate of drug-likeness (QED) is 0.438. The third-order valence-electron chi connectivity index (χ3n) is 6.57. The molecular weight excluding hydrogens is 456 g/mol. The van der Waals surface area contributed by atoms with Crippen LogP contribution in [-0.4, -0.2) is 50.4 Å². The molecule has 35 heavy (non-hydrogen) atoms. The zero-order valence-electron chi connectivity index (χ0n) is 21.1. The van der Waals surface area contributed by atoms with Gasteiger partial charge in [0.05, 0.1) is 17.5 Å². The maximum atomic E-state index is 13.6. The minimum Gasteiger partial charge on any atom is -0.494 e. The average Bonchev–Trinajstić information content (AvgIpc) is 2.85. The van der Waals surface area contributed by atoms with Gasteiger partial charge in [0.25, 0.3) is 0 Å². The van der Waals surface area contributed by atoms with E-state index in [2.05, 4.69) is 74.2 Å². The van der Waals surface area contributed by atoms with Crippen LogP contribution in [0.1, 0.15) is 50.4 Å². The van der Waals surface area contributed by atoms with E-state index in [1.165, 1.54) is 11.1 Å². The smallest absolute Gasteiger partial charge is 0.243 e. The number of nitrogens with zero attached hydrogens (tertiary/aromatic N) is 2. The number of hydrogen-bond donors (Lipinski definition) is 0. The van der Waals surface area contributed by atoms with Gasteiger partial charge < -0.3 is 4.74 Å². The summed E-state index contributed by atoms with van der Waals surface area (Å²) in [5, 5.41) is 0. The van der Waals surface area contributed by atoms with E-state index in [4.69, 9.17) is 4.74 Å². The number of sulfonamides is 1. The molecule has 0 aromatic heterocycles. The molecule has 0 saturated carbocycles. The van der Waals surface area contributed by atoms with Crippen LogP contribution >= 0.6 is 0 Å². The first-order valence-corrected chi connectivity index (χ1v) is 13.8. The second kappa shape index (κ2) is 10.5. The van der Waals surface area contributed by atoms with Crippen molar-refractivity contribution in [3.8, 4) is 5.75 Å². The lowest BCUT2D eigenvalue weighted by atomic mass is 9.86. The fourth-order valence-electron chi connectivity index (χ4n) is 4.77. The lowest BCUT2D eigenvalue weighted by Gasteiger charge is -2.39. The maximum absolute atomic E-state index is 13.6. The van der Waals surface area contributed by atoms with Crippen LogP contribution < -0.4 is 4.74 Å². The molecule has 0 aliphatic carbocycles. The highest BCUT2D eigenvalue weighted by atomic mass is 32.2. The van der Waals surface area contributed by atoms with E-state index in [0.717, 1.165) is 11.3 Å². The summed E-state index contributed by atoms with van der Waals surface area (Å²) in [7, 11) is -3.60. The van der Waals surface area contributed by atoms with Gasteiger partial charge >= 0.3 is 0 Å². The van der Waals surface area contributed by atoms with E-state index in [9.17, 15) is 8.42 Å². The normalized spacial score (nSPS) is 15.9. The predicted molar refractivity (Wildman–Crippen MR) is 141 cm³/mol. The Morgan fingerprint density at radius 2 is 1.37 bits per heavy atom. The van der Waals surface area contributed by atoms with Gasteiger partial charge in [0.15, 0.2) is 0 Å². The summed E-state index contributed by atoms with van der Waals surface area (Å²) in [6.07, 6.45) is 0. The molecule has 1 aliphatic heterocycles. The van der Waals surface area contributed by atoms with E-state index in [0.29, 0.717) is 37.7 Å². The van der Waals surface area contributed by atoms with Gasteiger partial charge in [-0.05, 0) is 41.7 Å². The van der Waals surface area contributed by atoms with Crippen LogP contribution in [0.3, 0.4) is 0 Å². The summed E-state index contributed by atoms with van der Waals surface area (Å²) >= 11 is 0. The molecule has 1 heterocycles. The second-order valence-corrected chi connectivity index (χ2v) is 11.9. The number of ether oxygens (including phenoxy) is 1. The Hall–Kier alpha value is -2.67. The third kappa shape index (κ3) is 5.61. The van der Waals surface area contributed by atoms with Crippen molar-refractivity contribution in [2.45, 2.75) is 44.0 Å². The van der Waals surface area contributed by atoms with E-state index < -0.39 is 10.0 Å². The first kappa shape index (κ1) is 25.4. The first-order valence-electron chi connectivity index (χ1n) is 12.3. The maximum Gasteiger partial charge on any atom is 0.243 e. The van der Waals surface area contributed by atoms with Crippen molar-refractivity contribution < 1.29 is 13.2 Å². The van der Waals surface area contributed by atoms with Crippen molar-refractivity contribution in [3.05, 3.63) is 95.6 Å². The number of rotatable bonds is 7. The molecule has 3 aromatic rings. The Morgan fingerprint density at radius 3 is 1.86 bits per heavy atom. The van der Waals surface area contributed by atoms with Crippen LogP contribution in [0.15, 0.2) is 83.8 Å². The summed E-state index contributed by atoms with van der Waals surface area (Å²) in [4.78, 5) is 2.72. The Morgan fingerprint density at radius 1 is 0.829 bits per heavy atom. The van der Waals surface area contributed by atoms with Crippen LogP contribution in [0.2, 0.25) is 0 Å². The highest BCUT2D eigenvalue weighted by Gasteiger charge is 2.33. The van der Waals surface area contributed by atoms with Gasteiger partial charge in [-0.2, -0.15) is 4.31 Å². The molecule has 186 valence electrons. The van der Waals surface area contributed by atoms with Crippen molar-refractivity contribution in [1.82, 2.24) is 9.21 Å². The zero-order valence-corrected chi connectivity index (χ0v) is 22.0. The van der Waals surface area contributed by atoms with Gasteiger partial charge in [-0.3, -0.25) is 4.90 Å². The molecular formula is C29H36N2O3S. The van der Waals surface area contributed by atoms with Crippen LogP contribution in [-0.2, 0) is 15.4 Å². The summed E-state index contributed by atoms with van der Waals surface area (Å²) in [5.74, 6) is 0.748. The predicted octanol–water partition coefficient (Wildman–Crippen LogP) is 5.48. The Labute approximate surface area is 210 Å². The van der Waals surface area contributed by atoms with Crippen LogP contribution in [0, 0.1) is 0 Å². The Kier molecular flexibility index (Phi) is 7.64. The molecule has 3 aromatic carbocycles. The van der Waals surface area contributed by atoms with Crippen molar-refractivity contribution >= 4 is 10.0 Å². The van der Waals surface area contributed by atoms with Crippen LogP contribution in [0.25, 0.3) is 0 Å². The molecule has 0 bridgehead atoms. The number of hydrogen-bond acceptors (Lipinski definition) is 4. The third-order valence-corrected chi connectivity index (χ3v) is 8.46. The molecule has 0 radical (unpaired) electrons. The van der Waals surface area contributed by atoms with Crippen LogP contribution in [0.5, 0.6) is 5.75 Å². The van der Waals surface area contributed by atoms with Gasteiger partial charge in [-0.1, -0.05) is 81.4 Å². The van der Waals surface area contributed by atoms with Gasteiger partial charge in [0.2, 0.25) is 10.0 Å². The molecule has 1 aliphatic rings. The Balaban J connectivity index is 1.57. The lowest BCUT2D eigenvalue weighted by molar-refractivity contribution is 0.156. The molecule has 0 unspecified atom stereocenters. The van der Waals surface area contributed by atoms with Gasteiger partial charge in [-0.25, -0.2) is 8.42 Å². The van der Waals surface area contributed by atoms with Crippen LogP contribution in [0.4, 0.5) is 0 Å². The summed E-state index contributed by atoms with van der Waals surface area (Å²) in [6.45, 7) is 10.9. The molecule has 0 amide bonds. The molecule has 0 spiro atoms. The standard InChI is InChI=1S/C29H36N2O3S/c1-5-34-27-17-16-25(22-26(27)29(2,3)4)35(32,33)31-20-18-30(19-21-31)28(23-12-8-6-9-13-23)24-14-10-7-11-15-24/h6-17,22,28H,5,18-21H2,1-4H3. The molecule has 5 nitrogen and oxygen atoms in total. The Bertz CT molecular complexity index is 1170. The number of piperazine rings is 1. The minimum absolute atomic E-state index is 0.0974. The minimum atomic E-state index is -3.60. The molecule has 6 heteroatoms. The molecule has 1 fully saturated rings. The van der Waals surface area contributed by atoms with E-state index in [1.807, 2.05) is 19.1 Å². The highest BCUT2D eigenvalue weighted by Crippen LogP contribution is 2.35. The number of benzene rings is 3. The van der Waals surface area contributed by atoms with Gasteiger partial charge in [-0.15, -0.1) is 0 Å². The molecule has 4 rings (SSSR count). The van der Waals surface area contributed by atoms with Crippen molar-refractivity contribution in [1.29, 1.82) is 0 Å². The first-order chi connectivity index (χ1) is 16.7. The highest BCUT2D eigenvalue weighted by molar-refractivity contribution is 7.89. The molecule has 1 saturated heterocycles. The topological polar surface area (TPSA) is 49.9 Å². The second-order valence-electron chi connectivity index (χ2n) is 10.0. The van der Waals surface area contributed by atoms with Gasteiger partial charge in [0, 0.05) is 31.7 Å². The fraction of sp³-hybridized carbons (Fsp3) is 0.379. The van der Waals surface area contributed by atoms with Crippen molar-refractivity contribution in [2.24, 2.45) is 0 Å².